The number of rotatable bonds is 7. The van der Waals surface area contributed by atoms with Crippen LogP contribution in [-0.2, 0) is 10.5 Å². The number of carbonyl (C=O) groups excluding carboxylic acids is 1. The Morgan fingerprint density at radius 1 is 1.16 bits per heavy atom. The number of anilines is 1. The second kappa shape index (κ2) is 10.1. The Morgan fingerprint density at radius 2 is 1.92 bits per heavy atom. The molecule has 25 heavy (non-hydrogen) atoms. The van der Waals surface area contributed by atoms with Crippen molar-refractivity contribution in [3.05, 3.63) is 65.2 Å². The number of thioether (sulfide) groups is 1. The number of hydrogen-bond acceptors (Lipinski definition) is 4. The first-order valence-electron chi connectivity index (χ1n) is 7.96. The molecular formula is C19H22N2O2S2. The molecule has 2 aromatic carbocycles. The Morgan fingerprint density at radius 3 is 2.64 bits per heavy atom. The molecule has 2 N–H and O–H groups in total. The van der Waals surface area contributed by atoms with Gasteiger partial charge in [-0.15, -0.1) is 0 Å². The maximum absolute atomic E-state index is 11.7. The molecule has 0 atom stereocenters. The lowest BCUT2D eigenvalue weighted by molar-refractivity contribution is 0.0600. The highest BCUT2D eigenvalue weighted by molar-refractivity contribution is 7.98. The van der Waals surface area contributed by atoms with Crippen molar-refractivity contribution in [2.45, 2.75) is 12.7 Å². The van der Waals surface area contributed by atoms with Crippen LogP contribution in [0.4, 0.5) is 5.69 Å². The molecule has 0 saturated carbocycles. The third kappa shape index (κ3) is 6.07. The first kappa shape index (κ1) is 19.3. The van der Waals surface area contributed by atoms with E-state index in [0.29, 0.717) is 10.7 Å². The van der Waals surface area contributed by atoms with Gasteiger partial charge in [-0.3, -0.25) is 0 Å². The molecule has 0 aliphatic rings. The summed E-state index contributed by atoms with van der Waals surface area (Å²) in [5.41, 5.74) is 3.48. The van der Waals surface area contributed by atoms with Crippen LogP contribution in [0.5, 0.6) is 0 Å². The summed E-state index contributed by atoms with van der Waals surface area (Å²) in [5.74, 6) is 1.60. The molecule has 0 unspecified atom stereocenters. The fraction of sp³-hybridized carbons (Fsp3) is 0.263. The molecule has 0 aliphatic heterocycles. The van der Waals surface area contributed by atoms with Crippen LogP contribution in [0.2, 0.25) is 0 Å². The Hall–Kier alpha value is -2.05. The van der Waals surface area contributed by atoms with E-state index in [9.17, 15) is 4.79 Å². The number of hydrogen-bond donors (Lipinski definition) is 2. The van der Waals surface area contributed by atoms with Gasteiger partial charge in [-0.2, -0.15) is 11.8 Å². The Kier molecular flexibility index (Phi) is 7.76. The summed E-state index contributed by atoms with van der Waals surface area (Å²) in [6.07, 6.45) is 0. The molecule has 0 amide bonds. The quantitative estimate of drug-likeness (QED) is 0.434. The summed E-state index contributed by atoms with van der Waals surface area (Å²) in [6, 6.07) is 15.8. The predicted molar refractivity (Wildman–Crippen MR) is 109 cm³/mol. The molecule has 6 heteroatoms. The fourth-order valence-electron chi connectivity index (χ4n) is 2.27. The van der Waals surface area contributed by atoms with Gasteiger partial charge in [-0.1, -0.05) is 36.4 Å². The average molecular weight is 375 g/mol. The summed E-state index contributed by atoms with van der Waals surface area (Å²) in [6.45, 7) is 2.64. The van der Waals surface area contributed by atoms with E-state index in [-0.39, 0.29) is 5.97 Å². The van der Waals surface area contributed by atoms with E-state index < -0.39 is 0 Å². The number of ether oxygens (including phenoxy) is 1. The van der Waals surface area contributed by atoms with Crippen molar-refractivity contribution in [3.8, 4) is 0 Å². The number of nitrogens with one attached hydrogen (secondary N) is 2. The van der Waals surface area contributed by atoms with Crippen molar-refractivity contribution in [3.63, 3.8) is 0 Å². The van der Waals surface area contributed by atoms with Gasteiger partial charge in [-0.05, 0) is 42.4 Å². The molecule has 0 heterocycles. The number of thiocarbonyl (C=S) groups is 1. The molecule has 0 aromatic heterocycles. The average Bonchev–Trinajstić information content (AvgIpc) is 2.63. The number of esters is 1. The van der Waals surface area contributed by atoms with Crippen LogP contribution >= 0.6 is 24.0 Å². The molecule has 0 aliphatic carbocycles. The zero-order chi connectivity index (χ0) is 18.1. The smallest absolute Gasteiger partial charge is 0.338 e. The van der Waals surface area contributed by atoms with Gasteiger partial charge >= 0.3 is 5.97 Å². The van der Waals surface area contributed by atoms with Crippen molar-refractivity contribution in [1.29, 1.82) is 0 Å². The molecule has 0 bridgehead atoms. The monoisotopic (exact) mass is 374 g/mol. The summed E-state index contributed by atoms with van der Waals surface area (Å²) in [5, 5.41) is 6.88. The van der Waals surface area contributed by atoms with Crippen molar-refractivity contribution in [1.82, 2.24) is 5.32 Å². The highest BCUT2D eigenvalue weighted by atomic mass is 32.2. The standard InChI is InChI=1S/C19H22N2O2S2/c1-14-16(18(22)23-2)9-6-10-17(14)21-19(24)20-11-12-25-13-15-7-4-3-5-8-15/h3-10H,11-13H2,1-2H3,(H2,20,21,24). The number of benzene rings is 2. The Bertz CT molecular complexity index is 721. The molecule has 0 saturated heterocycles. The van der Waals surface area contributed by atoms with E-state index >= 15 is 0 Å². The zero-order valence-electron chi connectivity index (χ0n) is 14.4. The van der Waals surface area contributed by atoms with Crippen LogP contribution in [0.15, 0.2) is 48.5 Å². The molecule has 132 valence electrons. The highest BCUT2D eigenvalue weighted by Crippen LogP contribution is 2.19. The van der Waals surface area contributed by atoms with E-state index in [2.05, 4.69) is 34.9 Å². The normalized spacial score (nSPS) is 10.2. The second-order valence-electron chi connectivity index (χ2n) is 5.39. The lowest BCUT2D eigenvalue weighted by atomic mass is 10.1. The number of carbonyl (C=O) groups is 1. The summed E-state index contributed by atoms with van der Waals surface area (Å²) < 4.78 is 4.79. The van der Waals surface area contributed by atoms with Crippen LogP contribution in [0.3, 0.4) is 0 Å². The van der Waals surface area contributed by atoms with Crippen molar-refractivity contribution in [2.24, 2.45) is 0 Å². The third-order valence-electron chi connectivity index (χ3n) is 3.63. The van der Waals surface area contributed by atoms with Gasteiger partial charge in [0.05, 0.1) is 12.7 Å². The lowest BCUT2D eigenvalue weighted by Gasteiger charge is -2.14. The first-order chi connectivity index (χ1) is 12.1. The van der Waals surface area contributed by atoms with Gasteiger partial charge in [0.1, 0.15) is 0 Å². The van der Waals surface area contributed by atoms with Gasteiger partial charge in [0.2, 0.25) is 0 Å². The van der Waals surface area contributed by atoms with Gasteiger partial charge in [0.15, 0.2) is 5.11 Å². The lowest BCUT2D eigenvalue weighted by Crippen LogP contribution is -2.30. The maximum Gasteiger partial charge on any atom is 0.338 e. The van der Waals surface area contributed by atoms with Gasteiger partial charge < -0.3 is 15.4 Å². The highest BCUT2D eigenvalue weighted by Gasteiger charge is 2.12. The van der Waals surface area contributed by atoms with E-state index in [1.807, 2.05) is 30.8 Å². The summed E-state index contributed by atoms with van der Waals surface area (Å²) in [7, 11) is 1.38. The van der Waals surface area contributed by atoms with E-state index in [1.165, 1.54) is 12.7 Å². The Labute approximate surface area is 158 Å². The minimum Gasteiger partial charge on any atom is -0.465 e. The fourth-order valence-corrected chi connectivity index (χ4v) is 3.30. The van der Waals surface area contributed by atoms with E-state index in [0.717, 1.165) is 29.3 Å². The van der Waals surface area contributed by atoms with Gasteiger partial charge in [-0.25, -0.2) is 4.79 Å². The SMILES string of the molecule is COC(=O)c1cccc(NC(=S)NCCSCc2ccccc2)c1C. The van der Waals surface area contributed by atoms with Crippen LogP contribution in [-0.4, -0.2) is 30.5 Å². The minimum absolute atomic E-state index is 0.350. The molecule has 0 spiro atoms. The molecule has 2 rings (SSSR count). The minimum atomic E-state index is -0.350. The number of methoxy groups -OCH3 is 1. The first-order valence-corrected chi connectivity index (χ1v) is 9.52. The predicted octanol–water partition coefficient (Wildman–Crippen LogP) is 4.00. The topological polar surface area (TPSA) is 50.4 Å². The Balaban J connectivity index is 1.76. The zero-order valence-corrected chi connectivity index (χ0v) is 16.0. The third-order valence-corrected chi connectivity index (χ3v) is 4.91. The maximum atomic E-state index is 11.7. The van der Waals surface area contributed by atoms with Crippen LogP contribution in [0.1, 0.15) is 21.5 Å². The summed E-state index contributed by atoms with van der Waals surface area (Å²) in [4.78, 5) is 11.7. The van der Waals surface area contributed by atoms with E-state index in [4.69, 9.17) is 17.0 Å². The van der Waals surface area contributed by atoms with Crippen LogP contribution in [0, 0.1) is 6.92 Å². The molecule has 4 nitrogen and oxygen atoms in total. The molecule has 0 fully saturated rings. The van der Waals surface area contributed by atoms with Crippen molar-refractivity contribution in [2.75, 3.05) is 24.7 Å². The molecule has 2 aromatic rings. The van der Waals surface area contributed by atoms with Crippen molar-refractivity contribution >= 4 is 40.7 Å². The van der Waals surface area contributed by atoms with E-state index in [1.54, 1.807) is 12.1 Å². The largest absolute Gasteiger partial charge is 0.465 e. The van der Waals surface area contributed by atoms with Crippen LogP contribution < -0.4 is 10.6 Å². The summed E-state index contributed by atoms with van der Waals surface area (Å²) >= 11 is 7.18. The van der Waals surface area contributed by atoms with Crippen molar-refractivity contribution < 1.29 is 9.53 Å². The molecular weight excluding hydrogens is 352 g/mol. The molecule has 0 radical (unpaired) electrons. The second-order valence-corrected chi connectivity index (χ2v) is 6.90. The van der Waals surface area contributed by atoms with Gasteiger partial charge in [0.25, 0.3) is 0 Å². The van der Waals surface area contributed by atoms with Crippen LogP contribution in [0.25, 0.3) is 0 Å². The van der Waals surface area contributed by atoms with Gasteiger partial charge in [0, 0.05) is 23.7 Å².